The molecule has 6 heteroatoms. The molecule has 0 fully saturated rings. The number of hydrogen-bond donors (Lipinski definition) is 1. The maximum absolute atomic E-state index is 13.4. The zero-order chi connectivity index (χ0) is 11.5. The van der Waals surface area contributed by atoms with E-state index in [2.05, 4.69) is 14.9 Å². The molecule has 0 spiro atoms. The van der Waals surface area contributed by atoms with Gasteiger partial charge in [-0.2, -0.15) is 0 Å². The molecule has 84 valence electrons. The van der Waals surface area contributed by atoms with Crippen LogP contribution in [-0.2, 0) is 0 Å². The Kier molecular flexibility index (Phi) is 3.09. The molecule has 16 heavy (non-hydrogen) atoms. The molecule has 0 aliphatic heterocycles. The third-order valence-electron chi connectivity index (χ3n) is 2.15. The van der Waals surface area contributed by atoms with Crippen LogP contribution in [0.3, 0.4) is 0 Å². The number of aromatic nitrogens is 2. The van der Waals surface area contributed by atoms with Gasteiger partial charge in [-0.05, 0) is 13.0 Å². The van der Waals surface area contributed by atoms with Gasteiger partial charge in [0.25, 0.3) is 0 Å². The summed E-state index contributed by atoms with van der Waals surface area (Å²) >= 11 is 1.19. The number of halogens is 2. The minimum absolute atomic E-state index is 0.261. The van der Waals surface area contributed by atoms with E-state index in [0.717, 1.165) is 11.1 Å². The quantitative estimate of drug-likeness (QED) is 0.897. The molecule has 1 aromatic heterocycles. The SMILES string of the molecule is CC(Nc1cnns1)c1ccc(F)cc1F. The molecule has 2 aromatic rings. The number of hydrogen-bond acceptors (Lipinski definition) is 4. The minimum Gasteiger partial charge on any atom is -0.368 e. The highest BCUT2D eigenvalue weighted by atomic mass is 32.1. The van der Waals surface area contributed by atoms with Gasteiger partial charge >= 0.3 is 0 Å². The summed E-state index contributed by atoms with van der Waals surface area (Å²) in [6.45, 7) is 1.79. The molecule has 1 heterocycles. The zero-order valence-electron chi connectivity index (χ0n) is 8.45. The zero-order valence-corrected chi connectivity index (χ0v) is 9.26. The van der Waals surface area contributed by atoms with Crippen LogP contribution in [0, 0.1) is 11.6 Å². The number of benzene rings is 1. The first-order valence-electron chi connectivity index (χ1n) is 4.65. The predicted molar refractivity (Wildman–Crippen MR) is 58.3 cm³/mol. The van der Waals surface area contributed by atoms with Gasteiger partial charge in [0.05, 0.1) is 12.2 Å². The standard InChI is InChI=1S/C10H9F2N3S/c1-6(14-10-5-13-15-16-10)8-3-2-7(11)4-9(8)12/h2-6,14H,1H3. The van der Waals surface area contributed by atoms with E-state index < -0.39 is 11.6 Å². The highest BCUT2D eigenvalue weighted by Crippen LogP contribution is 2.23. The first-order valence-corrected chi connectivity index (χ1v) is 5.43. The van der Waals surface area contributed by atoms with Gasteiger partial charge in [-0.3, -0.25) is 0 Å². The minimum atomic E-state index is -0.576. The lowest BCUT2D eigenvalue weighted by Gasteiger charge is -2.14. The molecule has 2 rings (SSSR count). The lowest BCUT2D eigenvalue weighted by atomic mass is 10.1. The van der Waals surface area contributed by atoms with Gasteiger partial charge in [-0.15, -0.1) is 5.10 Å². The molecular weight excluding hydrogens is 232 g/mol. The molecule has 0 amide bonds. The Bertz CT molecular complexity index is 473. The van der Waals surface area contributed by atoms with Crippen LogP contribution in [-0.4, -0.2) is 9.59 Å². The molecule has 0 saturated carbocycles. The van der Waals surface area contributed by atoms with E-state index in [9.17, 15) is 8.78 Å². The number of nitrogens with zero attached hydrogens (tertiary/aromatic N) is 2. The Morgan fingerprint density at radius 2 is 2.19 bits per heavy atom. The molecule has 3 nitrogen and oxygen atoms in total. The van der Waals surface area contributed by atoms with E-state index in [1.807, 2.05) is 0 Å². The fourth-order valence-corrected chi connectivity index (χ4v) is 1.88. The fraction of sp³-hybridized carbons (Fsp3) is 0.200. The van der Waals surface area contributed by atoms with Crippen LogP contribution >= 0.6 is 11.5 Å². The Balaban J connectivity index is 2.17. The summed E-state index contributed by atoms with van der Waals surface area (Å²) in [6.07, 6.45) is 1.56. The van der Waals surface area contributed by atoms with Crippen LogP contribution < -0.4 is 5.32 Å². The maximum atomic E-state index is 13.4. The molecular formula is C10H9F2N3S. The normalized spacial score (nSPS) is 12.4. The fourth-order valence-electron chi connectivity index (χ4n) is 1.37. The molecule has 0 bridgehead atoms. The van der Waals surface area contributed by atoms with Crippen LogP contribution in [0.15, 0.2) is 24.4 Å². The van der Waals surface area contributed by atoms with Crippen molar-refractivity contribution in [2.45, 2.75) is 13.0 Å². The lowest BCUT2D eigenvalue weighted by Crippen LogP contribution is -2.07. The number of anilines is 1. The Labute approximate surface area is 95.3 Å². The van der Waals surface area contributed by atoms with Crippen LogP contribution in [0.25, 0.3) is 0 Å². The second-order valence-electron chi connectivity index (χ2n) is 3.31. The highest BCUT2D eigenvalue weighted by Gasteiger charge is 2.12. The average molecular weight is 241 g/mol. The van der Waals surface area contributed by atoms with Crippen LogP contribution in [0.5, 0.6) is 0 Å². The predicted octanol–water partition coefficient (Wildman–Crippen LogP) is 2.99. The van der Waals surface area contributed by atoms with E-state index in [1.165, 1.54) is 23.7 Å². The molecule has 0 radical (unpaired) electrons. The highest BCUT2D eigenvalue weighted by molar-refractivity contribution is 7.09. The smallest absolute Gasteiger partial charge is 0.131 e. The van der Waals surface area contributed by atoms with Crippen molar-refractivity contribution in [3.05, 3.63) is 41.6 Å². The molecule has 1 N–H and O–H groups in total. The van der Waals surface area contributed by atoms with Crippen molar-refractivity contribution in [3.8, 4) is 0 Å². The van der Waals surface area contributed by atoms with Crippen LogP contribution in [0.1, 0.15) is 18.5 Å². The van der Waals surface area contributed by atoms with E-state index in [-0.39, 0.29) is 6.04 Å². The van der Waals surface area contributed by atoms with Crippen molar-refractivity contribution >= 4 is 16.5 Å². The summed E-state index contributed by atoms with van der Waals surface area (Å²) < 4.78 is 29.8. The first kappa shape index (κ1) is 10.9. The number of rotatable bonds is 3. The lowest BCUT2D eigenvalue weighted by molar-refractivity contribution is 0.566. The van der Waals surface area contributed by atoms with Crippen LogP contribution in [0.2, 0.25) is 0 Å². The molecule has 1 aromatic carbocycles. The van der Waals surface area contributed by atoms with Crippen molar-refractivity contribution in [3.63, 3.8) is 0 Å². The summed E-state index contributed by atoms with van der Waals surface area (Å²) in [5, 5.41) is 7.43. The van der Waals surface area contributed by atoms with E-state index in [4.69, 9.17) is 0 Å². The molecule has 0 aliphatic rings. The largest absolute Gasteiger partial charge is 0.368 e. The van der Waals surface area contributed by atoms with Gasteiger partial charge in [0.15, 0.2) is 0 Å². The van der Waals surface area contributed by atoms with Crippen molar-refractivity contribution in [2.24, 2.45) is 0 Å². The van der Waals surface area contributed by atoms with Crippen molar-refractivity contribution in [1.29, 1.82) is 0 Å². The van der Waals surface area contributed by atoms with Gasteiger partial charge in [0.2, 0.25) is 0 Å². The first-order chi connectivity index (χ1) is 7.66. The van der Waals surface area contributed by atoms with Gasteiger partial charge in [0.1, 0.15) is 16.6 Å². The second kappa shape index (κ2) is 4.52. The summed E-state index contributed by atoms with van der Waals surface area (Å²) in [6, 6.07) is 3.28. The topological polar surface area (TPSA) is 37.8 Å². The number of nitrogens with one attached hydrogen (secondary N) is 1. The Morgan fingerprint density at radius 3 is 2.81 bits per heavy atom. The monoisotopic (exact) mass is 241 g/mol. The van der Waals surface area contributed by atoms with Gasteiger partial charge in [-0.25, -0.2) is 8.78 Å². The van der Waals surface area contributed by atoms with Crippen molar-refractivity contribution in [2.75, 3.05) is 5.32 Å². The second-order valence-corrected chi connectivity index (χ2v) is 4.10. The third kappa shape index (κ3) is 2.33. The van der Waals surface area contributed by atoms with E-state index >= 15 is 0 Å². The summed E-state index contributed by atoms with van der Waals surface area (Å²) in [5.41, 5.74) is 0.412. The molecule has 1 unspecified atom stereocenters. The Hall–Kier alpha value is -1.56. The summed E-state index contributed by atoms with van der Waals surface area (Å²) in [7, 11) is 0. The van der Waals surface area contributed by atoms with Gasteiger partial charge in [0, 0.05) is 23.2 Å². The maximum Gasteiger partial charge on any atom is 0.131 e. The van der Waals surface area contributed by atoms with Gasteiger partial charge < -0.3 is 5.32 Å². The molecule has 0 aliphatic carbocycles. The molecule has 1 atom stereocenters. The van der Waals surface area contributed by atoms with E-state index in [1.54, 1.807) is 13.1 Å². The van der Waals surface area contributed by atoms with Gasteiger partial charge in [-0.1, -0.05) is 10.6 Å². The van der Waals surface area contributed by atoms with Crippen molar-refractivity contribution in [1.82, 2.24) is 9.59 Å². The van der Waals surface area contributed by atoms with Crippen molar-refractivity contribution < 1.29 is 8.78 Å². The summed E-state index contributed by atoms with van der Waals surface area (Å²) in [4.78, 5) is 0. The summed E-state index contributed by atoms with van der Waals surface area (Å²) in [5.74, 6) is -1.13. The van der Waals surface area contributed by atoms with Crippen LogP contribution in [0.4, 0.5) is 13.8 Å². The third-order valence-corrected chi connectivity index (χ3v) is 2.74. The van der Waals surface area contributed by atoms with E-state index in [0.29, 0.717) is 5.56 Å². The Morgan fingerprint density at radius 1 is 1.38 bits per heavy atom. The average Bonchev–Trinajstić information content (AvgIpc) is 2.70. The molecule has 0 saturated heterocycles.